The topological polar surface area (TPSA) is 59.3 Å². The van der Waals surface area contributed by atoms with E-state index >= 15 is 0 Å². The lowest BCUT2D eigenvalue weighted by Gasteiger charge is -2.07. The molecule has 1 atom stereocenters. The summed E-state index contributed by atoms with van der Waals surface area (Å²) in [6.07, 6.45) is 4.12. The predicted octanol–water partition coefficient (Wildman–Crippen LogP) is 0.804. The van der Waals surface area contributed by atoms with Crippen LogP contribution in [-0.4, -0.2) is 26.5 Å². The zero-order valence-corrected chi connectivity index (χ0v) is 9.29. The lowest BCUT2D eigenvalue weighted by molar-refractivity contribution is 0.516. The molecule has 0 saturated carbocycles. The van der Waals surface area contributed by atoms with Gasteiger partial charge in [0.1, 0.15) is 0 Å². The van der Waals surface area contributed by atoms with Gasteiger partial charge in [-0.1, -0.05) is 0 Å². The van der Waals surface area contributed by atoms with E-state index in [1.807, 2.05) is 6.07 Å². The van der Waals surface area contributed by atoms with Gasteiger partial charge in [-0.3, -0.25) is 0 Å². The molecule has 0 radical (unpaired) electrons. The Labute approximate surface area is 89.6 Å². The van der Waals surface area contributed by atoms with E-state index in [2.05, 4.69) is 5.32 Å². The minimum atomic E-state index is -2.74. The molecule has 15 heavy (non-hydrogen) atoms. The molecule has 0 bridgehead atoms. The van der Waals surface area contributed by atoms with Crippen molar-refractivity contribution in [3.63, 3.8) is 0 Å². The molecule has 0 amide bonds. The standard InChI is InChI=1S/C10H15NO3S/c12-15(13)4-2-10(8-15)6-11-5-9-1-3-14-7-9/h1,3,7,10-11H,2,4-6,8H2. The number of furan rings is 1. The first-order chi connectivity index (χ1) is 7.16. The van der Waals surface area contributed by atoms with E-state index in [0.29, 0.717) is 11.5 Å². The van der Waals surface area contributed by atoms with Gasteiger partial charge in [0.05, 0.1) is 24.0 Å². The van der Waals surface area contributed by atoms with Crippen LogP contribution in [0.15, 0.2) is 23.0 Å². The molecule has 1 aliphatic rings. The molecule has 1 fully saturated rings. The molecule has 0 aromatic carbocycles. The van der Waals surface area contributed by atoms with Crippen molar-refractivity contribution in [1.29, 1.82) is 0 Å². The molecule has 84 valence electrons. The maximum Gasteiger partial charge on any atom is 0.150 e. The van der Waals surface area contributed by atoms with Crippen LogP contribution in [0.25, 0.3) is 0 Å². The van der Waals surface area contributed by atoms with Crippen molar-refractivity contribution in [2.45, 2.75) is 13.0 Å². The minimum absolute atomic E-state index is 0.280. The van der Waals surface area contributed by atoms with E-state index in [9.17, 15) is 8.42 Å². The summed E-state index contributed by atoms with van der Waals surface area (Å²) in [6, 6.07) is 1.90. The molecule has 5 heteroatoms. The third-order valence-electron chi connectivity index (χ3n) is 2.67. The van der Waals surface area contributed by atoms with Gasteiger partial charge >= 0.3 is 0 Å². The van der Waals surface area contributed by atoms with Gasteiger partial charge in [0.2, 0.25) is 0 Å². The van der Waals surface area contributed by atoms with Gasteiger partial charge in [-0.05, 0) is 24.9 Å². The zero-order valence-electron chi connectivity index (χ0n) is 8.48. The second kappa shape index (κ2) is 4.37. The van der Waals surface area contributed by atoms with Crippen LogP contribution in [0.2, 0.25) is 0 Å². The van der Waals surface area contributed by atoms with Crippen LogP contribution in [-0.2, 0) is 16.4 Å². The molecule has 1 aromatic heterocycles. The molecular formula is C10H15NO3S. The van der Waals surface area contributed by atoms with Gasteiger partial charge < -0.3 is 9.73 Å². The molecule has 2 rings (SSSR count). The molecule has 1 aromatic rings. The van der Waals surface area contributed by atoms with Gasteiger partial charge in [-0.2, -0.15) is 0 Å². The Kier molecular flexibility index (Phi) is 3.11. The van der Waals surface area contributed by atoms with E-state index in [1.165, 1.54) is 0 Å². The maximum atomic E-state index is 11.2. The summed E-state index contributed by atoms with van der Waals surface area (Å²) >= 11 is 0. The van der Waals surface area contributed by atoms with Crippen LogP contribution in [0.5, 0.6) is 0 Å². The molecule has 0 spiro atoms. The molecule has 2 heterocycles. The highest BCUT2D eigenvalue weighted by Gasteiger charge is 2.27. The zero-order chi connectivity index (χ0) is 10.7. The van der Waals surface area contributed by atoms with Crippen LogP contribution in [0, 0.1) is 5.92 Å². The molecule has 4 nitrogen and oxygen atoms in total. The number of hydrogen-bond acceptors (Lipinski definition) is 4. The fourth-order valence-electron chi connectivity index (χ4n) is 1.85. The molecule has 1 unspecified atom stereocenters. The molecule has 1 N–H and O–H groups in total. The summed E-state index contributed by atoms with van der Waals surface area (Å²) < 4.78 is 27.3. The summed E-state index contributed by atoms with van der Waals surface area (Å²) in [5.41, 5.74) is 1.09. The van der Waals surface area contributed by atoms with Crippen molar-refractivity contribution in [3.05, 3.63) is 24.2 Å². The van der Waals surface area contributed by atoms with E-state index in [1.54, 1.807) is 12.5 Å². The largest absolute Gasteiger partial charge is 0.472 e. The molecular weight excluding hydrogens is 214 g/mol. The van der Waals surface area contributed by atoms with Crippen molar-refractivity contribution in [2.75, 3.05) is 18.1 Å². The Morgan fingerprint density at radius 3 is 3.00 bits per heavy atom. The van der Waals surface area contributed by atoms with Gasteiger partial charge in [-0.25, -0.2) is 8.42 Å². The summed E-state index contributed by atoms with van der Waals surface area (Å²) in [5, 5.41) is 3.24. The fraction of sp³-hybridized carbons (Fsp3) is 0.600. The second-order valence-electron chi connectivity index (χ2n) is 4.03. The molecule has 1 aliphatic heterocycles. The lowest BCUT2D eigenvalue weighted by Crippen LogP contribution is -2.23. The van der Waals surface area contributed by atoms with Crippen LogP contribution in [0.3, 0.4) is 0 Å². The average molecular weight is 229 g/mol. The van der Waals surface area contributed by atoms with Gasteiger partial charge in [0.15, 0.2) is 9.84 Å². The van der Waals surface area contributed by atoms with Crippen LogP contribution < -0.4 is 5.32 Å². The Morgan fingerprint density at radius 2 is 2.40 bits per heavy atom. The molecule has 1 saturated heterocycles. The maximum absolute atomic E-state index is 11.2. The quantitative estimate of drug-likeness (QED) is 0.829. The number of nitrogens with one attached hydrogen (secondary N) is 1. The van der Waals surface area contributed by atoms with Crippen molar-refractivity contribution in [1.82, 2.24) is 5.32 Å². The average Bonchev–Trinajstić information content (AvgIpc) is 2.76. The van der Waals surface area contributed by atoms with E-state index < -0.39 is 9.84 Å². The van der Waals surface area contributed by atoms with Crippen molar-refractivity contribution in [2.24, 2.45) is 5.92 Å². The summed E-state index contributed by atoms with van der Waals surface area (Å²) in [7, 11) is -2.74. The van der Waals surface area contributed by atoms with E-state index in [-0.39, 0.29) is 5.92 Å². The predicted molar refractivity (Wildman–Crippen MR) is 57.2 cm³/mol. The third kappa shape index (κ3) is 3.07. The van der Waals surface area contributed by atoms with E-state index in [4.69, 9.17) is 4.42 Å². The molecule has 0 aliphatic carbocycles. The van der Waals surface area contributed by atoms with E-state index in [0.717, 1.165) is 25.1 Å². The second-order valence-corrected chi connectivity index (χ2v) is 6.26. The highest BCUT2D eigenvalue weighted by atomic mass is 32.2. The smallest absolute Gasteiger partial charge is 0.150 e. The van der Waals surface area contributed by atoms with Gasteiger partial charge in [0, 0.05) is 12.1 Å². The van der Waals surface area contributed by atoms with Crippen LogP contribution >= 0.6 is 0 Å². The Morgan fingerprint density at radius 1 is 1.53 bits per heavy atom. The normalized spacial score (nSPS) is 24.4. The first kappa shape index (κ1) is 10.7. The highest BCUT2D eigenvalue weighted by Crippen LogP contribution is 2.17. The monoisotopic (exact) mass is 229 g/mol. The number of rotatable bonds is 4. The summed E-state index contributed by atoms with van der Waals surface area (Å²) in [5.74, 6) is 0.970. The Bertz CT molecular complexity index is 396. The minimum Gasteiger partial charge on any atom is -0.472 e. The first-order valence-electron chi connectivity index (χ1n) is 5.08. The summed E-state index contributed by atoms with van der Waals surface area (Å²) in [6.45, 7) is 1.51. The van der Waals surface area contributed by atoms with Crippen LogP contribution in [0.1, 0.15) is 12.0 Å². The number of hydrogen-bond donors (Lipinski definition) is 1. The SMILES string of the molecule is O=S1(=O)CCC(CNCc2ccoc2)C1. The van der Waals surface area contributed by atoms with Crippen molar-refractivity contribution in [3.8, 4) is 0 Å². The summed E-state index contributed by atoms with van der Waals surface area (Å²) in [4.78, 5) is 0. The number of sulfone groups is 1. The fourth-order valence-corrected chi connectivity index (χ4v) is 3.71. The first-order valence-corrected chi connectivity index (χ1v) is 6.90. The van der Waals surface area contributed by atoms with Crippen molar-refractivity contribution < 1.29 is 12.8 Å². The van der Waals surface area contributed by atoms with Crippen LogP contribution in [0.4, 0.5) is 0 Å². The Balaban J connectivity index is 1.71. The Hall–Kier alpha value is -0.810. The lowest BCUT2D eigenvalue weighted by atomic mass is 10.1. The third-order valence-corrected chi connectivity index (χ3v) is 4.51. The van der Waals surface area contributed by atoms with Crippen molar-refractivity contribution >= 4 is 9.84 Å². The van der Waals surface area contributed by atoms with Gasteiger partial charge in [0.25, 0.3) is 0 Å². The van der Waals surface area contributed by atoms with Gasteiger partial charge in [-0.15, -0.1) is 0 Å². The highest BCUT2D eigenvalue weighted by molar-refractivity contribution is 7.91.